The van der Waals surface area contributed by atoms with Gasteiger partial charge in [0.1, 0.15) is 5.69 Å². The van der Waals surface area contributed by atoms with E-state index in [1.165, 1.54) is 13.1 Å². The third kappa shape index (κ3) is 4.00. The minimum absolute atomic E-state index is 0.0829. The van der Waals surface area contributed by atoms with Gasteiger partial charge in [0.25, 0.3) is 0 Å². The third-order valence-corrected chi connectivity index (χ3v) is 4.52. The maximum Gasteiger partial charge on any atom is 0.358 e. The Hall–Kier alpha value is -2.51. The van der Waals surface area contributed by atoms with Crippen molar-refractivity contribution in [3.8, 4) is 0 Å². The fourth-order valence-corrected chi connectivity index (χ4v) is 3.05. The van der Waals surface area contributed by atoms with Crippen LogP contribution in [0.25, 0.3) is 0 Å². The van der Waals surface area contributed by atoms with E-state index in [0.717, 1.165) is 5.56 Å². The van der Waals surface area contributed by atoms with Crippen molar-refractivity contribution in [3.63, 3.8) is 0 Å². The van der Waals surface area contributed by atoms with Crippen molar-refractivity contribution in [2.75, 3.05) is 26.3 Å². The van der Waals surface area contributed by atoms with E-state index in [0.29, 0.717) is 32.0 Å². The average Bonchev–Trinajstić information content (AvgIpc) is 3.16. The zero-order valence-corrected chi connectivity index (χ0v) is 15.0. The number of benzene rings is 1. The molecule has 0 amide bonds. The minimum atomic E-state index is -0.901. The zero-order chi connectivity index (χ0) is 18.5. The molecule has 1 saturated heterocycles. The molecule has 2 atom stereocenters. The molecule has 2 heterocycles. The molecule has 138 valence electrons. The fourth-order valence-electron chi connectivity index (χ4n) is 3.05. The number of imidazole rings is 1. The Kier molecular flexibility index (Phi) is 5.80. The van der Waals surface area contributed by atoms with E-state index in [4.69, 9.17) is 9.47 Å². The minimum Gasteiger partial charge on any atom is -0.434 e. The molecule has 0 saturated carbocycles. The molecule has 1 unspecified atom stereocenters. The van der Waals surface area contributed by atoms with E-state index in [-0.39, 0.29) is 11.8 Å². The maximum atomic E-state index is 12.7. The van der Waals surface area contributed by atoms with Gasteiger partial charge in [-0.3, -0.25) is 9.69 Å². The highest BCUT2D eigenvalue weighted by Crippen LogP contribution is 2.20. The summed E-state index contributed by atoms with van der Waals surface area (Å²) in [6, 6.07) is 9.74. The number of ether oxygens (including phenoxy) is 2. The first kappa shape index (κ1) is 18.3. The molecule has 3 rings (SSSR count). The monoisotopic (exact) mass is 357 g/mol. The van der Waals surface area contributed by atoms with Gasteiger partial charge in [-0.25, -0.2) is 9.78 Å². The summed E-state index contributed by atoms with van der Waals surface area (Å²) in [4.78, 5) is 30.7. The number of rotatable bonds is 6. The number of esters is 1. The van der Waals surface area contributed by atoms with E-state index >= 15 is 0 Å². The van der Waals surface area contributed by atoms with Crippen molar-refractivity contribution in [2.45, 2.75) is 26.1 Å². The van der Waals surface area contributed by atoms with Crippen LogP contribution in [0.1, 0.15) is 35.9 Å². The molecule has 2 aromatic rings. The highest BCUT2D eigenvalue weighted by atomic mass is 16.6. The lowest BCUT2D eigenvalue weighted by molar-refractivity contribution is -0.140. The smallest absolute Gasteiger partial charge is 0.358 e. The summed E-state index contributed by atoms with van der Waals surface area (Å²) in [5.74, 6) is -0.764. The van der Waals surface area contributed by atoms with Crippen molar-refractivity contribution in [1.82, 2.24) is 14.5 Å². The van der Waals surface area contributed by atoms with Crippen LogP contribution in [0, 0.1) is 0 Å². The lowest BCUT2D eigenvalue weighted by Crippen LogP contribution is -2.49. The molecule has 7 nitrogen and oxygen atoms in total. The second-order valence-electron chi connectivity index (χ2n) is 6.29. The van der Waals surface area contributed by atoms with Gasteiger partial charge < -0.3 is 14.0 Å². The SMILES string of the molecule is CC(=O)C(OC(=O)c1cncn1[C@H](C)c1ccccc1)N1CCOCC1. The van der Waals surface area contributed by atoms with E-state index in [9.17, 15) is 9.59 Å². The van der Waals surface area contributed by atoms with Gasteiger partial charge in [0.05, 0.1) is 31.8 Å². The van der Waals surface area contributed by atoms with Gasteiger partial charge in [0.2, 0.25) is 6.23 Å². The molecule has 1 aromatic heterocycles. The molecule has 0 spiro atoms. The topological polar surface area (TPSA) is 73.7 Å². The number of nitrogens with zero attached hydrogens (tertiary/aromatic N) is 3. The highest BCUT2D eigenvalue weighted by molar-refractivity contribution is 5.90. The standard InChI is InChI=1S/C19H23N3O4/c1-14(16-6-4-3-5-7-16)22-13-20-12-17(22)19(24)26-18(15(2)23)21-8-10-25-11-9-21/h3-7,12-14,18H,8-11H2,1-2H3/t14-,18?/m1/s1. The summed E-state index contributed by atoms with van der Waals surface area (Å²) in [5, 5.41) is 0. The second-order valence-corrected chi connectivity index (χ2v) is 6.29. The quantitative estimate of drug-likeness (QED) is 0.735. The normalized spacial score (nSPS) is 17.5. The number of morpholine rings is 1. The Morgan fingerprint density at radius 2 is 1.88 bits per heavy atom. The van der Waals surface area contributed by atoms with Gasteiger partial charge in [0.15, 0.2) is 5.78 Å². The maximum absolute atomic E-state index is 12.7. The van der Waals surface area contributed by atoms with Crippen LogP contribution in [-0.2, 0) is 14.3 Å². The molecule has 0 bridgehead atoms. The fraction of sp³-hybridized carbons (Fsp3) is 0.421. The molecular weight excluding hydrogens is 334 g/mol. The Balaban J connectivity index is 1.77. The lowest BCUT2D eigenvalue weighted by Gasteiger charge is -2.32. The van der Waals surface area contributed by atoms with Gasteiger partial charge in [0, 0.05) is 13.1 Å². The molecule has 1 aliphatic rings. The molecule has 7 heteroatoms. The van der Waals surface area contributed by atoms with Crippen LogP contribution >= 0.6 is 0 Å². The predicted octanol–water partition coefficient (Wildman–Crippen LogP) is 1.90. The number of carbonyl (C=O) groups excluding carboxylic acids is 2. The Bertz CT molecular complexity index is 753. The molecule has 0 N–H and O–H groups in total. The average molecular weight is 357 g/mol. The lowest BCUT2D eigenvalue weighted by atomic mass is 10.1. The molecule has 0 radical (unpaired) electrons. The molecule has 26 heavy (non-hydrogen) atoms. The van der Waals surface area contributed by atoms with Crippen LogP contribution in [0.4, 0.5) is 0 Å². The van der Waals surface area contributed by atoms with Crippen molar-refractivity contribution < 1.29 is 19.1 Å². The van der Waals surface area contributed by atoms with Gasteiger partial charge >= 0.3 is 5.97 Å². The summed E-state index contributed by atoms with van der Waals surface area (Å²) in [5.41, 5.74) is 1.37. The largest absolute Gasteiger partial charge is 0.434 e. The van der Waals surface area contributed by atoms with Gasteiger partial charge in [-0.15, -0.1) is 0 Å². The van der Waals surface area contributed by atoms with Crippen molar-refractivity contribution in [3.05, 3.63) is 54.1 Å². The highest BCUT2D eigenvalue weighted by Gasteiger charge is 2.30. The number of carbonyl (C=O) groups is 2. The van der Waals surface area contributed by atoms with E-state index in [2.05, 4.69) is 4.98 Å². The first-order valence-electron chi connectivity index (χ1n) is 8.68. The van der Waals surface area contributed by atoms with Crippen LogP contribution in [0.3, 0.4) is 0 Å². The Labute approximate surface area is 152 Å². The van der Waals surface area contributed by atoms with Crippen LogP contribution in [0.5, 0.6) is 0 Å². The number of hydrogen-bond donors (Lipinski definition) is 0. The molecule has 0 aliphatic carbocycles. The van der Waals surface area contributed by atoms with Crippen molar-refractivity contribution >= 4 is 11.8 Å². The number of hydrogen-bond acceptors (Lipinski definition) is 6. The second kappa shape index (κ2) is 8.25. The molecular formula is C19H23N3O4. The number of aromatic nitrogens is 2. The van der Waals surface area contributed by atoms with Gasteiger partial charge in [-0.05, 0) is 19.4 Å². The summed E-state index contributed by atoms with van der Waals surface area (Å²) in [6.07, 6.45) is 2.17. The number of ketones is 1. The molecule has 1 fully saturated rings. The molecule has 1 aliphatic heterocycles. The summed E-state index contributed by atoms with van der Waals surface area (Å²) in [6.45, 7) is 5.55. The predicted molar refractivity (Wildman–Crippen MR) is 94.8 cm³/mol. The molecule has 1 aromatic carbocycles. The van der Waals surface area contributed by atoms with Crippen LogP contribution in [0.2, 0.25) is 0 Å². The third-order valence-electron chi connectivity index (χ3n) is 4.52. The van der Waals surface area contributed by atoms with E-state index in [1.807, 2.05) is 42.2 Å². The van der Waals surface area contributed by atoms with Crippen LogP contribution < -0.4 is 0 Å². The Morgan fingerprint density at radius 3 is 2.54 bits per heavy atom. The van der Waals surface area contributed by atoms with Crippen molar-refractivity contribution in [1.29, 1.82) is 0 Å². The van der Waals surface area contributed by atoms with Crippen molar-refractivity contribution in [2.24, 2.45) is 0 Å². The van der Waals surface area contributed by atoms with Crippen LogP contribution in [0.15, 0.2) is 42.9 Å². The van der Waals surface area contributed by atoms with E-state index < -0.39 is 12.2 Å². The summed E-state index contributed by atoms with van der Waals surface area (Å²) in [7, 11) is 0. The Morgan fingerprint density at radius 1 is 1.19 bits per heavy atom. The zero-order valence-electron chi connectivity index (χ0n) is 15.0. The van der Waals surface area contributed by atoms with Gasteiger partial charge in [-0.1, -0.05) is 30.3 Å². The summed E-state index contributed by atoms with van der Waals surface area (Å²) < 4.78 is 12.6. The van der Waals surface area contributed by atoms with E-state index in [1.54, 1.807) is 10.9 Å². The first-order valence-corrected chi connectivity index (χ1v) is 8.68. The van der Waals surface area contributed by atoms with Crippen LogP contribution in [-0.4, -0.2) is 58.7 Å². The number of Topliss-reactive ketones (excluding diaryl/α,β-unsaturated/α-hetero) is 1. The summed E-state index contributed by atoms with van der Waals surface area (Å²) >= 11 is 0. The first-order chi connectivity index (χ1) is 12.6. The van der Waals surface area contributed by atoms with Gasteiger partial charge in [-0.2, -0.15) is 0 Å².